The molecule has 2 N–H and O–H groups in total. The molecule has 2 atom stereocenters. The van der Waals surface area contributed by atoms with Gasteiger partial charge < -0.3 is 38.6 Å². The number of Topliss-reactive ketones (excluding diaryl/α,β-unsaturated/α-hetero) is 1. The molecule has 6 heterocycles. The molecule has 13 nitrogen and oxygen atoms in total. The predicted octanol–water partition coefficient (Wildman–Crippen LogP) is 4.46. The zero-order valence-corrected chi connectivity index (χ0v) is 31.9. The molecule has 0 bridgehead atoms. The number of ketones is 1. The summed E-state index contributed by atoms with van der Waals surface area (Å²) in [4.78, 5) is 67.1. The zero-order chi connectivity index (χ0) is 39.7. The summed E-state index contributed by atoms with van der Waals surface area (Å²) in [5, 5.41) is 16.3. The molecule has 0 saturated carbocycles. The van der Waals surface area contributed by atoms with Crippen LogP contribution in [0.2, 0.25) is 0 Å². The second kappa shape index (κ2) is 17.3. The normalized spacial score (nSPS) is 17.1. The van der Waals surface area contributed by atoms with Gasteiger partial charge >= 0.3 is 0 Å². The lowest BCUT2D eigenvalue weighted by atomic mass is 10.0. The summed E-state index contributed by atoms with van der Waals surface area (Å²) < 4.78 is 40.9. The van der Waals surface area contributed by atoms with E-state index in [-0.39, 0.29) is 77.7 Å². The van der Waals surface area contributed by atoms with E-state index in [0.717, 1.165) is 36.8 Å². The summed E-state index contributed by atoms with van der Waals surface area (Å²) in [5.41, 5.74) is 2.37. The molecular formula is C40H43BrF2N4O9. The molecule has 4 aromatic rings. The quantitative estimate of drug-likeness (QED) is 0.244. The van der Waals surface area contributed by atoms with Gasteiger partial charge in [-0.2, -0.15) is 0 Å². The Morgan fingerprint density at radius 3 is 1.57 bits per heavy atom. The van der Waals surface area contributed by atoms with Crippen molar-refractivity contribution in [1.82, 2.24) is 18.9 Å². The molecule has 16 heteroatoms. The Morgan fingerprint density at radius 1 is 0.732 bits per heavy atom. The number of nitrogens with zero attached hydrogens (tertiary/aromatic N) is 4. The summed E-state index contributed by atoms with van der Waals surface area (Å²) in [6.07, 6.45) is 2.74. The molecule has 8 rings (SSSR count). The molecule has 0 saturated heterocycles. The molecule has 0 spiro atoms. The Kier molecular flexibility index (Phi) is 13.0. The second-order valence-corrected chi connectivity index (χ2v) is 14.1. The summed E-state index contributed by atoms with van der Waals surface area (Å²) in [5.74, 6) is -2.04. The van der Waals surface area contributed by atoms with Crippen LogP contribution >= 0.6 is 15.9 Å². The molecule has 298 valence electrons. The van der Waals surface area contributed by atoms with Crippen molar-refractivity contribution in [1.29, 1.82) is 0 Å². The molecule has 56 heavy (non-hydrogen) atoms. The van der Waals surface area contributed by atoms with Gasteiger partial charge in [-0.3, -0.25) is 24.0 Å². The largest absolute Gasteiger partial charge is 0.491 e. The van der Waals surface area contributed by atoms with E-state index in [9.17, 15) is 37.9 Å². The van der Waals surface area contributed by atoms with E-state index in [0.29, 0.717) is 48.3 Å². The highest BCUT2D eigenvalue weighted by atomic mass is 79.9. The van der Waals surface area contributed by atoms with Crippen molar-refractivity contribution < 1.29 is 42.9 Å². The Balaban J connectivity index is 0.000000203. The third-order valence-corrected chi connectivity index (χ3v) is 11.1. The number of methoxy groups -OCH3 is 2. The van der Waals surface area contributed by atoms with Crippen LogP contribution in [0.25, 0.3) is 0 Å². The highest BCUT2D eigenvalue weighted by molar-refractivity contribution is 9.10. The van der Waals surface area contributed by atoms with Crippen LogP contribution in [-0.2, 0) is 25.9 Å². The first-order valence-corrected chi connectivity index (χ1v) is 18.3. The number of rotatable bonds is 8. The van der Waals surface area contributed by atoms with Crippen LogP contribution < -0.4 is 20.3 Å². The van der Waals surface area contributed by atoms with E-state index in [4.69, 9.17) is 14.6 Å². The highest BCUT2D eigenvalue weighted by Gasteiger charge is 2.42. The fourth-order valence-corrected chi connectivity index (χ4v) is 8.48. The van der Waals surface area contributed by atoms with Crippen LogP contribution in [-0.4, -0.2) is 87.8 Å². The first-order valence-electron chi connectivity index (χ1n) is 17.5. The number of aromatic nitrogens is 2. The summed E-state index contributed by atoms with van der Waals surface area (Å²) in [7, 11) is 3.69. The Hall–Kier alpha value is -5.19. The van der Waals surface area contributed by atoms with Crippen LogP contribution in [0.15, 0.2) is 62.6 Å². The summed E-state index contributed by atoms with van der Waals surface area (Å²) in [6, 6.07) is 12.0. The number of amides is 2. The smallest absolute Gasteiger partial charge is 0.274 e. The topological polar surface area (TPSA) is 161 Å². The van der Waals surface area contributed by atoms with E-state index >= 15 is 0 Å². The van der Waals surface area contributed by atoms with Crippen molar-refractivity contribution in [2.24, 2.45) is 0 Å². The Bertz CT molecular complexity index is 2280. The van der Waals surface area contributed by atoms with Gasteiger partial charge in [0.1, 0.15) is 18.2 Å². The third-order valence-electron chi connectivity index (χ3n) is 10.3. The van der Waals surface area contributed by atoms with Gasteiger partial charge in [0.25, 0.3) is 11.8 Å². The average molecular weight is 842 g/mol. The van der Waals surface area contributed by atoms with Crippen LogP contribution in [0, 0.1) is 11.6 Å². The van der Waals surface area contributed by atoms with Gasteiger partial charge in [-0.25, -0.2) is 8.78 Å². The molecule has 0 aliphatic carbocycles. The maximum Gasteiger partial charge on any atom is 0.274 e. The number of pyridine rings is 2. The van der Waals surface area contributed by atoms with Crippen molar-refractivity contribution in [2.45, 2.75) is 58.3 Å². The van der Waals surface area contributed by atoms with E-state index in [2.05, 4.69) is 15.9 Å². The molecule has 0 fully saturated rings. The lowest BCUT2D eigenvalue weighted by molar-refractivity contribution is 0.0644. The summed E-state index contributed by atoms with van der Waals surface area (Å²) in [6.45, 7) is 0.849. The van der Waals surface area contributed by atoms with E-state index in [1.807, 2.05) is 4.57 Å². The second-order valence-electron chi connectivity index (χ2n) is 13.3. The van der Waals surface area contributed by atoms with Gasteiger partial charge in [0, 0.05) is 44.7 Å². The molecule has 2 aromatic heterocycles. The van der Waals surface area contributed by atoms with Crippen molar-refractivity contribution in [3.05, 3.63) is 125 Å². The van der Waals surface area contributed by atoms with Gasteiger partial charge in [0.15, 0.2) is 28.7 Å². The van der Waals surface area contributed by atoms with Crippen molar-refractivity contribution in [2.75, 3.05) is 41.0 Å². The molecular weight excluding hydrogens is 798 g/mol. The summed E-state index contributed by atoms with van der Waals surface area (Å²) >= 11 is 3.36. The van der Waals surface area contributed by atoms with E-state index < -0.39 is 17.8 Å². The number of ether oxygens (including phenoxy) is 2. The maximum absolute atomic E-state index is 13.2. The lowest BCUT2D eigenvalue weighted by Gasteiger charge is -2.35. The lowest BCUT2D eigenvalue weighted by Crippen LogP contribution is -2.44. The van der Waals surface area contributed by atoms with Crippen LogP contribution in [0.5, 0.6) is 11.5 Å². The molecule has 0 radical (unpaired) electrons. The molecule has 4 aliphatic rings. The predicted molar refractivity (Wildman–Crippen MR) is 205 cm³/mol. The van der Waals surface area contributed by atoms with Gasteiger partial charge in [0.2, 0.25) is 10.9 Å². The van der Waals surface area contributed by atoms with Gasteiger partial charge in [-0.05, 0) is 77.0 Å². The van der Waals surface area contributed by atoms with E-state index in [1.165, 1.54) is 38.5 Å². The maximum atomic E-state index is 13.2. The highest BCUT2D eigenvalue weighted by Crippen LogP contribution is 2.40. The fourth-order valence-electron chi connectivity index (χ4n) is 7.91. The molecule has 2 unspecified atom stereocenters. The average Bonchev–Trinajstić information content (AvgIpc) is 3.81. The van der Waals surface area contributed by atoms with Crippen LogP contribution in [0.3, 0.4) is 0 Å². The molecule has 2 amide bonds. The van der Waals surface area contributed by atoms with Crippen LogP contribution in [0.4, 0.5) is 8.78 Å². The minimum Gasteiger partial charge on any atom is -0.491 e. The van der Waals surface area contributed by atoms with Crippen molar-refractivity contribution in [3.63, 3.8) is 0 Å². The number of aliphatic hydroxyl groups is 2. The number of aliphatic hydroxyl groups excluding tert-OH is 2. The number of halogens is 3. The monoisotopic (exact) mass is 840 g/mol. The number of carbonyl (C=O) groups excluding carboxylic acids is 3. The first kappa shape index (κ1) is 42.0. The Labute approximate surface area is 329 Å². The molecule has 2 aromatic carbocycles. The number of hydrogen-bond donors (Lipinski definition) is 2. The van der Waals surface area contributed by atoms with Gasteiger partial charge in [0.05, 0.1) is 36.3 Å². The van der Waals surface area contributed by atoms with E-state index in [1.54, 1.807) is 38.6 Å². The number of benzene rings is 2. The van der Waals surface area contributed by atoms with Crippen molar-refractivity contribution in [3.8, 4) is 11.5 Å². The number of hydrogen-bond acceptors (Lipinski definition) is 9. The SMILES string of the molecule is C.CO.COc1c2n3c(c(Br)c1=O)CCC3CN(Cc1ccc(F)cc1)C2=O.COc1c2n3c(c(C(=O)CO)c1=O)CCC3CN(Cc1ccc(F)cc1)C2=O. The standard InChI is InChI=1S/C20H19FN2O5.C18H16BrFN2O3.CH4O.CH4/c1-28-19-17-20(27)22(8-11-2-4-12(21)5-3-11)9-13-6-7-14(23(13)17)16(18(19)26)15(25)10-24;1-25-17-15-18(24)21(8-10-2-4-11(20)5-3-10)9-12-6-7-13(22(12)15)14(19)16(17)23;1-2;/h2-5,13,24H,6-10H2,1H3;2-5,12H,6-9H2,1H3;2H,1H3;1H4. The Morgan fingerprint density at radius 2 is 1.14 bits per heavy atom. The fraction of sp³-hybridized carbons (Fsp3) is 0.375. The van der Waals surface area contributed by atoms with Gasteiger partial charge in [-0.1, -0.05) is 31.7 Å². The zero-order valence-electron chi connectivity index (χ0n) is 30.3. The molecule has 4 aliphatic heterocycles. The van der Waals surface area contributed by atoms with Gasteiger partial charge in [-0.15, -0.1) is 0 Å². The first-order chi connectivity index (χ1) is 26.5. The minimum atomic E-state index is -0.778. The van der Waals surface area contributed by atoms with Crippen LogP contribution in [0.1, 0.15) is 86.2 Å². The third kappa shape index (κ3) is 7.40. The number of carbonyl (C=O) groups is 3. The van der Waals surface area contributed by atoms with Crippen molar-refractivity contribution >= 4 is 33.5 Å². The minimum absolute atomic E-state index is 0.